The van der Waals surface area contributed by atoms with E-state index in [0.29, 0.717) is 5.11 Å². The number of para-hydroxylation sites is 1. The molecule has 108 valence electrons. The van der Waals surface area contributed by atoms with Crippen LogP contribution in [0.5, 0.6) is 0 Å². The molecule has 0 amide bonds. The first-order valence-corrected chi connectivity index (χ1v) is 8.41. The summed E-state index contributed by atoms with van der Waals surface area (Å²) in [6.07, 6.45) is 1.71. The van der Waals surface area contributed by atoms with E-state index in [1.807, 2.05) is 48.2 Å². The lowest BCUT2D eigenvalue weighted by Crippen LogP contribution is -2.42. The Morgan fingerprint density at radius 3 is 2.90 bits per heavy atom. The number of thiocarbonyl (C=S) groups is 1. The summed E-state index contributed by atoms with van der Waals surface area (Å²) >= 11 is 7.30. The van der Waals surface area contributed by atoms with E-state index < -0.39 is 0 Å². The van der Waals surface area contributed by atoms with Gasteiger partial charge >= 0.3 is 0 Å². The molecule has 2 heterocycles. The third kappa shape index (κ3) is 3.71. The van der Waals surface area contributed by atoms with E-state index in [0.717, 1.165) is 41.2 Å². The largest absolute Gasteiger partial charge is 0.346 e. The van der Waals surface area contributed by atoms with Gasteiger partial charge in [0.2, 0.25) is 0 Å². The lowest BCUT2D eigenvalue weighted by atomic mass is 10.2. The summed E-state index contributed by atoms with van der Waals surface area (Å²) in [7, 11) is 0. The van der Waals surface area contributed by atoms with Crippen LogP contribution in [0.1, 0.15) is 5.69 Å². The molecule has 1 N–H and O–H groups in total. The summed E-state index contributed by atoms with van der Waals surface area (Å²) in [6, 6.07) is 12.0. The van der Waals surface area contributed by atoms with E-state index in [9.17, 15) is 0 Å². The second-order valence-corrected chi connectivity index (χ2v) is 6.31. The SMILES string of the molecule is S=C(N/N=C\c1ccc2ccccc2n1)N1CCSCC1. The number of hydrogen-bond acceptors (Lipinski definition) is 4. The maximum Gasteiger partial charge on any atom is 0.189 e. The van der Waals surface area contributed by atoms with Gasteiger partial charge in [0.1, 0.15) is 0 Å². The molecule has 2 aromatic rings. The number of nitrogens with zero attached hydrogens (tertiary/aromatic N) is 3. The van der Waals surface area contributed by atoms with Gasteiger partial charge < -0.3 is 4.90 Å². The molecule has 1 aromatic carbocycles. The molecule has 1 saturated heterocycles. The number of benzene rings is 1. The van der Waals surface area contributed by atoms with Crippen LogP contribution in [-0.4, -0.2) is 45.8 Å². The molecule has 1 aliphatic heterocycles. The minimum atomic E-state index is 0.687. The minimum Gasteiger partial charge on any atom is -0.346 e. The zero-order chi connectivity index (χ0) is 14.5. The highest BCUT2D eigenvalue weighted by molar-refractivity contribution is 7.99. The summed E-state index contributed by atoms with van der Waals surface area (Å²) in [4.78, 5) is 6.68. The van der Waals surface area contributed by atoms with Gasteiger partial charge in [-0.25, -0.2) is 4.98 Å². The molecular formula is C15H16N4S2. The van der Waals surface area contributed by atoms with Crippen LogP contribution in [0.15, 0.2) is 41.5 Å². The number of pyridine rings is 1. The highest BCUT2D eigenvalue weighted by Gasteiger charge is 2.12. The van der Waals surface area contributed by atoms with Crippen LogP contribution in [0.2, 0.25) is 0 Å². The van der Waals surface area contributed by atoms with Crippen molar-refractivity contribution in [2.75, 3.05) is 24.6 Å². The van der Waals surface area contributed by atoms with Crippen LogP contribution in [0, 0.1) is 0 Å². The molecule has 3 rings (SSSR count). The number of thioether (sulfide) groups is 1. The van der Waals surface area contributed by atoms with Crippen LogP contribution in [-0.2, 0) is 0 Å². The van der Waals surface area contributed by atoms with E-state index in [4.69, 9.17) is 12.2 Å². The molecule has 0 aliphatic carbocycles. The van der Waals surface area contributed by atoms with Crippen LogP contribution < -0.4 is 5.43 Å². The fraction of sp³-hybridized carbons (Fsp3) is 0.267. The van der Waals surface area contributed by atoms with Crippen molar-refractivity contribution < 1.29 is 0 Å². The number of hydrogen-bond donors (Lipinski definition) is 1. The third-order valence-corrected chi connectivity index (χ3v) is 4.57. The van der Waals surface area contributed by atoms with Gasteiger partial charge in [-0.3, -0.25) is 5.43 Å². The molecule has 4 nitrogen and oxygen atoms in total. The first-order valence-electron chi connectivity index (χ1n) is 6.84. The molecule has 21 heavy (non-hydrogen) atoms. The lowest BCUT2D eigenvalue weighted by Gasteiger charge is -2.27. The Morgan fingerprint density at radius 2 is 2.05 bits per heavy atom. The smallest absolute Gasteiger partial charge is 0.189 e. The van der Waals surface area contributed by atoms with Gasteiger partial charge in [0.05, 0.1) is 17.4 Å². The first-order chi connectivity index (χ1) is 10.3. The van der Waals surface area contributed by atoms with Crippen LogP contribution in [0.3, 0.4) is 0 Å². The zero-order valence-electron chi connectivity index (χ0n) is 11.5. The normalized spacial score (nSPS) is 15.5. The van der Waals surface area contributed by atoms with Crippen molar-refractivity contribution in [3.8, 4) is 0 Å². The van der Waals surface area contributed by atoms with Crippen molar-refractivity contribution in [3.63, 3.8) is 0 Å². The second-order valence-electron chi connectivity index (χ2n) is 4.70. The predicted molar refractivity (Wildman–Crippen MR) is 94.0 cm³/mol. The zero-order valence-corrected chi connectivity index (χ0v) is 13.2. The molecule has 1 fully saturated rings. The van der Waals surface area contributed by atoms with Gasteiger partial charge in [0, 0.05) is 30.0 Å². The number of hydrazone groups is 1. The van der Waals surface area contributed by atoms with E-state index in [-0.39, 0.29) is 0 Å². The number of fused-ring (bicyclic) bond motifs is 1. The third-order valence-electron chi connectivity index (χ3n) is 3.28. The Morgan fingerprint density at radius 1 is 1.24 bits per heavy atom. The van der Waals surface area contributed by atoms with Crippen molar-refractivity contribution in [1.29, 1.82) is 0 Å². The fourth-order valence-corrected chi connectivity index (χ4v) is 3.28. The Hall–Kier alpha value is -1.66. The second kappa shape index (κ2) is 6.87. The molecule has 1 aliphatic rings. The Bertz CT molecular complexity index is 666. The van der Waals surface area contributed by atoms with Gasteiger partial charge in [-0.05, 0) is 24.4 Å². The van der Waals surface area contributed by atoms with Crippen molar-refractivity contribution in [2.24, 2.45) is 5.10 Å². The summed E-state index contributed by atoms with van der Waals surface area (Å²) in [5, 5.41) is 6.01. The van der Waals surface area contributed by atoms with Crippen molar-refractivity contribution in [1.82, 2.24) is 15.3 Å². The van der Waals surface area contributed by atoms with Gasteiger partial charge in [0.15, 0.2) is 5.11 Å². The summed E-state index contributed by atoms with van der Waals surface area (Å²) in [5.74, 6) is 2.25. The van der Waals surface area contributed by atoms with Crippen molar-refractivity contribution >= 4 is 46.2 Å². The van der Waals surface area contributed by atoms with E-state index in [1.54, 1.807) is 6.21 Å². The van der Waals surface area contributed by atoms with Gasteiger partial charge in [-0.1, -0.05) is 24.3 Å². The Labute approximate surface area is 133 Å². The molecule has 0 unspecified atom stereocenters. The summed E-state index contributed by atoms with van der Waals surface area (Å²) in [5.41, 5.74) is 4.71. The van der Waals surface area contributed by atoms with Gasteiger partial charge in [-0.2, -0.15) is 16.9 Å². The van der Waals surface area contributed by atoms with Crippen molar-refractivity contribution in [2.45, 2.75) is 0 Å². The molecule has 1 aromatic heterocycles. The quantitative estimate of drug-likeness (QED) is 0.524. The minimum absolute atomic E-state index is 0.687. The summed E-state index contributed by atoms with van der Waals surface area (Å²) < 4.78 is 0. The predicted octanol–water partition coefficient (Wildman–Crippen LogP) is 2.49. The fourth-order valence-electron chi connectivity index (χ4n) is 2.14. The highest BCUT2D eigenvalue weighted by atomic mass is 32.2. The van der Waals surface area contributed by atoms with Crippen molar-refractivity contribution in [3.05, 3.63) is 42.1 Å². The Kier molecular flexibility index (Phi) is 4.67. The van der Waals surface area contributed by atoms with Gasteiger partial charge in [-0.15, -0.1) is 0 Å². The maximum atomic E-state index is 5.34. The lowest BCUT2D eigenvalue weighted by molar-refractivity contribution is 0.455. The molecule has 6 heteroatoms. The summed E-state index contributed by atoms with van der Waals surface area (Å²) in [6.45, 7) is 1.97. The number of aromatic nitrogens is 1. The number of rotatable bonds is 2. The molecule has 0 atom stereocenters. The van der Waals surface area contributed by atoms with E-state index in [1.165, 1.54) is 0 Å². The number of nitrogens with one attached hydrogen (secondary N) is 1. The highest BCUT2D eigenvalue weighted by Crippen LogP contribution is 2.11. The molecule has 0 bridgehead atoms. The molecule has 0 saturated carbocycles. The average molecular weight is 316 g/mol. The van der Waals surface area contributed by atoms with E-state index in [2.05, 4.69) is 20.4 Å². The van der Waals surface area contributed by atoms with Gasteiger partial charge in [0.25, 0.3) is 0 Å². The monoisotopic (exact) mass is 316 g/mol. The standard InChI is InChI=1S/C15H16N4S2/c20-15(19-7-9-21-10-8-19)18-16-11-13-6-5-12-3-1-2-4-14(12)17-13/h1-6,11H,7-10H2,(H,18,20)/b16-11-. The van der Waals surface area contributed by atoms with E-state index >= 15 is 0 Å². The molecule has 0 radical (unpaired) electrons. The maximum absolute atomic E-state index is 5.34. The first kappa shape index (κ1) is 14.3. The Balaban J connectivity index is 1.63. The molecule has 0 spiro atoms. The molecular weight excluding hydrogens is 300 g/mol. The topological polar surface area (TPSA) is 40.5 Å². The van der Waals surface area contributed by atoms with Crippen LogP contribution >= 0.6 is 24.0 Å². The van der Waals surface area contributed by atoms with Crippen LogP contribution in [0.25, 0.3) is 10.9 Å². The van der Waals surface area contributed by atoms with Crippen LogP contribution in [0.4, 0.5) is 0 Å². The average Bonchev–Trinajstić information content (AvgIpc) is 2.55.